The molecule has 34 heavy (non-hydrogen) atoms. The van der Waals surface area contributed by atoms with E-state index in [1.54, 1.807) is 6.92 Å². The maximum absolute atomic E-state index is 13.0. The number of ketones is 1. The summed E-state index contributed by atoms with van der Waals surface area (Å²) >= 11 is 0. The summed E-state index contributed by atoms with van der Waals surface area (Å²) in [5.41, 5.74) is 0.869. The first-order valence-electron chi connectivity index (χ1n) is 11.0. The van der Waals surface area contributed by atoms with Gasteiger partial charge in [0.05, 0.1) is 18.4 Å². The van der Waals surface area contributed by atoms with Crippen molar-refractivity contribution in [1.82, 2.24) is 0 Å². The van der Waals surface area contributed by atoms with Crippen LogP contribution in [0.25, 0.3) is 0 Å². The van der Waals surface area contributed by atoms with Gasteiger partial charge in [-0.2, -0.15) is 4.73 Å². The quantitative estimate of drug-likeness (QED) is 0.221. The van der Waals surface area contributed by atoms with E-state index in [4.69, 9.17) is 9.47 Å². The molecule has 2 aromatic carbocycles. The summed E-state index contributed by atoms with van der Waals surface area (Å²) in [7, 11) is 1.32. The van der Waals surface area contributed by atoms with E-state index in [1.807, 2.05) is 74.5 Å². The molecule has 178 valence electrons. The van der Waals surface area contributed by atoms with E-state index < -0.39 is 40.6 Å². The lowest BCUT2D eigenvalue weighted by molar-refractivity contribution is -0.608. The lowest BCUT2D eigenvalue weighted by Crippen LogP contribution is -2.40. The fourth-order valence-electron chi connectivity index (χ4n) is 4.00. The SMILES string of the molecule is COc1cc[n+]([O-])c(C(=O)C[C@@H](C)C(=O)O[C@@H](C)C(C)(c2ccccc2)c2ccccc2)c1O. The molecule has 2 atom stereocenters. The average molecular weight is 464 g/mol. The van der Waals surface area contributed by atoms with Crippen molar-refractivity contribution in [3.8, 4) is 11.5 Å². The number of carbonyl (C=O) groups excluding carboxylic acids is 2. The van der Waals surface area contributed by atoms with Crippen LogP contribution in [0.1, 0.15) is 48.8 Å². The minimum absolute atomic E-state index is 0.000732. The molecule has 0 saturated carbocycles. The van der Waals surface area contributed by atoms with E-state index >= 15 is 0 Å². The molecule has 1 heterocycles. The van der Waals surface area contributed by atoms with Gasteiger partial charge in [-0.3, -0.25) is 9.59 Å². The van der Waals surface area contributed by atoms with E-state index in [0.29, 0.717) is 0 Å². The molecular formula is C27H29NO6. The van der Waals surface area contributed by atoms with Crippen molar-refractivity contribution in [2.75, 3.05) is 7.11 Å². The van der Waals surface area contributed by atoms with Crippen molar-refractivity contribution in [3.05, 3.63) is 95.0 Å². The summed E-state index contributed by atoms with van der Waals surface area (Å²) in [5, 5.41) is 22.3. The van der Waals surface area contributed by atoms with Gasteiger partial charge in [0.2, 0.25) is 11.5 Å². The fraction of sp³-hybridized carbons (Fsp3) is 0.296. The number of ether oxygens (including phenoxy) is 2. The van der Waals surface area contributed by atoms with E-state index in [2.05, 4.69) is 0 Å². The molecule has 0 radical (unpaired) electrons. The van der Waals surface area contributed by atoms with E-state index in [1.165, 1.54) is 13.2 Å². The fourth-order valence-corrected chi connectivity index (χ4v) is 4.00. The monoisotopic (exact) mass is 463 g/mol. The topological polar surface area (TPSA) is 99.8 Å². The Kier molecular flexibility index (Phi) is 7.56. The molecule has 3 rings (SSSR count). The molecule has 0 aliphatic carbocycles. The van der Waals surface area contributed by atoms with E-state index in [0.717, 1.165) is 17.3 Å². The first kappa shape index (κ1) is 24.8. The Hall–Kier alpha value is -3.87. The average Bonchev–Trinajstić information content (AvgIpc) is 2.84. The Bertz CT molecular complexity index is 1110. The maximum atomic E-state index is 13.0. The Labute approximate surface area is 199 Å². The van der Waals surface area contributed by atoms with Crippen LogP contribution in [0.2, 0.25) is 0 Å². The zero-order chi connectivity index (χ0) is 24.9. The molecule has 3 aromatic rings. The molecule has 0 amide bonds. The number of pyridine rings is 1. The third-order valence-electron chi connectivity index (χ3n) is 6.27. The molecule has 0 spiro atoms. The van der Waals surface area contributed by atoms with Crippen molar-refractivity contribution in [2.45, 2.75) is 38.7 Å². The number of hydrogen-bond donors (Lipinski definition) is 1. The van der Waals surface area contributed by atoms with Gasteiger partial charge in [-0.05, 0) is 25.0 Å². The number of Topliss-reactive ketones (excluding diaryl/α,β-unsaturated/α-hetero) is 1. The van der Waals surface area contributed by atoms with Crippen LogP contribution in [0.3, 0.4) is 0 Å². The second-order valence-corrected chi connectivity index (χ2v) is 8.45. The zero-order valence-corrected chi connectivity index (χ0v) is 19.7. The second kappa shape index (κ2) is 10.4. The molecule has 1 N–H and O–H groups in total. The van der Waals surface area contributed by atoms with Gasteiger partial charge in [0.1, 0.15) is 6.10 Å². The number of methoxy groups -OCH3 is 1. The third-order valence-corrected chi connectivity index (χ3v) is 6.27. The highest BCUT2D eigenvalue weighted by Crippen LogP contribution is 2.37. The number of aromatic hydroxyl groups is 1. The highest BCUT2D eigenvalue weighted by molar-refractivity contribution is 5.98. The third kappa shape index (κ3) is 4.88. The standard InChI is InChI=1S/C27H29NO6/c1-18(17-22(29)24-25(30)23(33-4)15-16-28(24)32)26(31)34-19(2)27(3,20-11-7-5-8-12-20)21-13-9-6-10-14-21/h5-16,18-19,30H,17H2,1-4H3/t18-,19+/m1/s1. The van der Waals surface area contributed by atoms with Crippen LogP contribution < -0.4 is 9.47 Å². The smallest absolute Gasteiger partial charge is 0.309 e. The van der Waals surface area contributed by atoms with Crippen LogP contribution >= 0.6 is 0 Å². The van der Waals surface area contributed by atoms with Gasteiger partial charge in [0.15, 0.2) is 11.9 Å². The number of esters is 1. The maximum Gasteiger partial charge on any atom is 0.309 e. The molecule has 0 saturated heterocycles. The van der Waals surface area contributed by atoms with Crippen LogP contribution in [0.15, 0.2) is 72.9 Å². The van der Waals surface area contributed by atoms with Gasteiger partial charge in [0.25, 0.3) is 0 Å². The molecule has 0 fully saturated rings. The molecular weight excluding hydrogens is 434 g/mol. The molecule has 0 aliphatic rings. The van der Waals surface area contributed by atoms with E-state index in [9.17, 15) is 19.9 Å². The zero-order valence-electron chi connectivity index (χ0n) is 19.7. The molecule has 0 bridgehead atoms. The molecule has 7 heteroatoms. The summed E-state index contributed by atoms with van der Waals surface area (Å²) in [6.45, 7) is 5.40. The lowest BCUT2D eigenvalue weighted by Gasteiger charge is -2.36. The lowest BCUT2D eigenvalue weighted by atomic mass is 9.72. The Balaban J connectivity index is 1.81. The number of hydrogen-bond acceptors (Lipinski definition) is 6. The largest absolute Gasteiger partial charge is 0.618 e. The van der Waals surface area contributed by atoms with Gasteiger partial charge < -0.3 is 19.8 Å². The van der Waals surface area contributed by atoms with E-state index in [-0.39, 0.29) is 16.9 Å². The Morgan fingerprint density at radius 3 is 2.03 bits per heavy atom. The minimum atomic E-state index is -0.837. The Morgan fingerprint density at radius 1 is 1.00 bits per heavy atom. The van der Waals surface area contributed by atoms with Crippen molar-refractivity contribution < 1.29 is 28.9 Å². The van der Waals surface area contributed by atoms with Crippen LogP contribution in [0.5, 0.6) is 11.5 Å². The summed E-state index contributed by atoms with van der Waals surface area (Å²) in [6, 6.07) is 20.8. The number of carbonyl (C=O) groups is 2. The van der Waals surface area contributed by atoms with Crippen molar-refractivity contribution in [3.63, 3.8) is 0 Å². The van der Waals surface area contributed by atoms with Crippen molar-refractivity contribution in [1.29, 1.82) is 0 Å². The summed E-state index contributed by atoms with van der Waals surface area (Å²) in [4.78, 5) is 25.7. The van der Waals surface area contributed by atoms with Gasteiger partial charge in [-0.25, -0.2) is 0 Å². The normalized spacial score (nSPS) is 13.1. The first-order chi connectivity index (χ1) is 16.2. The van der Waals surface area contributed by atoms with Gasteiger partial charge in [-0.1, -0.05) is 67.6 Å². The summed E-state index contributed by atoms with van der Waals surface area (Å²) in [5.74, 6) is -2.65. The van der Waals surface area contributed by atoms with Crippen LogP contribution in [0, 0.1) is 11.1 Å². The minimum Gasteiger partial charge on any atom is -0.618 e. The number of rotatable bonds is 9. The van der Waals surface area contributed by atoms with Crippen molar-refractivity contribution in [2.24, 2.45) is 5.92 Å². The highest BCUT2D eigenvalue weighted by atomic mass is 16.5. The Morgan fingerprint density at radius 2 is 1.53 bits per heavy atom. The first-order valence-corrected chi connectivity index (χ1v) is 11.0. The summed E-state index contributed by atoms with van der Waals surface area (Å²) in [6.07, 6.45) is 0.209. The van der Waals surface area contributed by atoms with Gasteiger partial charge in [-0.15, -0.1) is 0 Å². The molecule has 0 aliphatic heterocycles. The molecule has 1 aromatic heterocycles. The van der Waals surface area contributed by atoms with Crippen LogP contribution in [-0.4, -0.2) is 30.1 Å². The van der Waals surface area contributed by atoms with Crippen LogP contribution in [0.4, 0.5) is 0 Å². The predicted molar refractivity (Wildman–Crippen MR) is 127 cm³/mol. The van der Waals surface area contributed by atoms with Gasteiger partial charge >= 0.3 is 11.7 Å². The van der Waals surface area contributed by atoms with Crippen molar-refractivity contribution >= 4 is 11.8 Å². The second-order valence-electron chi connectivity index (χ2n) is 8.45. The predicted octanol–water partition coefficient (Wildman–Crippen LogP) is 4.18. The van der Waals surface area contributed by atoms with Crippen LogP contribution in [-0.2, 0) is 14.9 Å². The molecule has 0 unspecified atom stereocenters. The molecule has 7 nitrogen and oxygen atoms in total. The highest BCUT2D eigenvalue weighted by Gasteiger charge is 2.38. The summed E-state index contributed by atoms with van der Waals surface area (Å²) < 4.78 is 11.1. The number of nitrogens with zero attached hydrogens (tertiary/aromatic N) is 1. The number of benzene rings is 2. The van der Waals surface area contributed by atoms with Gasteiger partial charge in [0, 0.05) is 12.5 Å². The number of aromatic nitrogens is 1.